The number of hydrogen-bond donors (Lipinski definition) is 2. The van der Waals surface area contributed by atoms with Crippen molar-refractivity contribution in [2.24, 2.45) is 0 Å². The van der Waals surface area contributed by atoms with Crippen LogP contribution >= 0.6 is 11.3 Å². The molecular weight excluding hydrogens is 477 g/mol. The zero-order valence-corrected chi connectivity index (χ0v) is 19.5. The van der Waals surface area contributed by atoms with E-state index >= 15 is 0 Å². The van der Waals surface area contributed by atoms with Crippen molar-refractivity contribution in [3.63, 3.8) is 0 Å². The van der Waals surface area contributed by atoms with E-state index < -0.39 is 11.8 Å². The summed E-state index contributed by atoms with van der Waals surface area (Å²) in [5, 5.41) is 14.7. The van der Waals surface area contributed by atoms with Gasteiger partial charge in [0, 0.05) is 35.0 Å². The minimum absolute atomic E-state index is 0.00684. The molecule has 0 spiro atoms. The third-order valence-electron chi connectivity index (χ3n) is 5.47. The molecule has 184 valence electrons. The second-order valence-electron chi connectivity index (χ2n) is 7.87. The standard InChI is InChI=1S/C23H24FN5O5S/c24-11-16(12-25-22(31)32)13-29-23(33)28(15-26-29)14-19-5-6-20(35-19)17-1-3-18(4-2-17)21(30)27-7-9-34-10-8-27/h1-6,11,15,25H,7-10,12-14H2,(H,31,32). The number of hydrogen-bond acceptors (Lipinski definition) is 6. The van der Waals surface area contributed by atoms with Crippen LogP contribution in [0, 0.1) is 0 Å². The van der Waals surface area contributed by atoms with Crippen LogP contribution < -0.4 is 11.0 Å². The Bertz CT molecular complexity index is 1270. The number of benzene rings is 1. The van der Waals surface area contributed by atoms with Gasteiger partial charge in [-0.1, -0.05) is 12.1 Å². The summed E-state index contributed by atoms with van der Waals surface area (Å²) in [6.07, 6.45) is 0.357. The van der Waals surface area contributed by atoms with Gasteiger partial charge in [-0.15, -0.1) is 11.3 Å². The molecule has 4 rings (SSSR count). The highest BCUT2D eigenvalue weighted by molar-refractivity contribution is 7.15. The van der Waals surface area contributed by atoms with Crippen molar-refractivity contribution >= 4 is 23.3 Å². The lowest BCUT2D eigenvalue weighted by atomic mass is 10.1. The highest BCUT2D eigenvalue weighted by atomic mass is 32.1. The van der Waals surface area contributed by atoms with Gasteiger partial charge in [0.15, 0.2) is 0 Å². The Hall–Kier alpha value is -3.77. The van der Waals surface area contributed by atoms with Crippen LogP contribution in [0.5, 0.6) is 0 Å². The monoisotopic (exact) mass is 501 g/mol. The number of amides is 2. The smallest absolute Gasteiger partial charge is 0.404 e. The number of ether oxygens (including phenoxy) is 1. The van der Waals surface area contributed by atoms with Gasteiger partial charge in [-0.05, 0) is 35.4 Å². The Morgan fingerprint density at radius 3 is 2.60 bits per heavy atom. The van der Waals surface area contributed by atoms with Crippen LogP contribution in [0.4, 0.5) is 9.18 Å². The Labute approximate surface area is 203 Å². The second kappa shape index (κ2) is 11.1. The van der Waals surface area contributed by atoms with E-state index in [1.54, 1.807) is 4.90 Å². The van der Waals surface area contributed by atoms with Gasteiger partial charge in [0.25, 0.3) is 5.91 Å². The van der Waals surface area contributed by atoms with Crippen molar-refractivity contribution in [1.82, 2.24) is 24.6 Å². The Kier molecular flexibility index (Phi) is 7.73. The first-order valence-corrected chi connectivity index (χ1v) is 11.7. The number of carbonyl (C=O) groups excluding carboxylic acids is 1. The molecule has 1 aliphatic rings. The van der Waals surface area contributed by atoms with Crippen LogP contribution in [0.15, 0.2) is 59.4 Å². The molecule has 2 amide bonds. The molecule has 1 saturated heterocycles. The lowest BCUT2D eigenvalue weighted by molar-refractivity contribution is 0.0303. The normalized spacial score (nSPS) is 14.2. The number of thiophene rings is 1. The van der Waals surface area contributed by atoms with Crippen LogP contribution in [0.25, 0.3) is 10.4 Å². The van der Waals surface area contributed by atoms with E-state index in [1.165, 1.54) is 22.2 Å². The number of halogens is 1. The number of nitrogens with one attached hydrogen (secondary N) is 1. The van der Waals surface area contributed by atoms with Crippen LogP contribution in [0.1, 0.15) is 15.2 Å². The lowest BCUT2D eigenvalue weighted by Crippen LogP contribution is -2.40. The Balaban J connectivity index is 1.40. The molecule has 3 aromatic rings. The van der Waals surface area contributed by atoms with Gasteiger partial charge in [-0.2, -0.15) is 5.10 Å². The van der Waals surface area contributed by atoms with Crippen LogP contribution in [-0.4, -0.2) is 69.2 Å². The van der Waals surface area contributed by atoms with Crippen molar-refractivity contribution in [1.29, 1.82) is 0 Å². The summed E-state index contributed by atoms with van der Waals surface area (Å²) < 4.78 is 20.8. The highest BCUT2D eigenvalue weighted by Crippen LogP contribution is 2.29. The summed E-state index contributed by atoms with van der Waals surface area (Å²) in [7, 11) is 0. The molecule has 35 heavy (non-hydrogen) atoms. The first-order chi connectivity index (χ1) is 16.9. The van der Waals surface area contributed by atoms with E-state index in [9.17, 15) is 18.8 Å². The van der Waals surface area contributed by atoms with E-state index in [2.05, 4.69) is 10.4 Å². The summed E-state index contributed by atoms with van der Waals surface area (Å²) in [6, 6.07) is 11.3. The second-order valence-corrected chi connectivity index (χ2v) is 9.04. The summed E-state index contributed by atoms with van der Waals surface area (Å²) in [5.74, 6) is -0.00684. The molecule has 0 aliphatic carbocycles. The largest absolute Gasteiger partial charge is 0.465 e. The van der Waals surface area contributed by atoms with Crippen LogP contribution in [0.3, 0.4) is 0 Å². The molecule has 3 heterocycles. The fourth-order valence-corrected chi connectivity index (χ4v) is 4.62. The van der Waals surface area contributed by atoms with Gasteiger partial charge in [0.2, 0.25) is 0 Å². The topological polar surface area (TPSA) is 119 Å². The average Bonchev–Trinajstić information content (AvgIpc) is 3.49. The molecule has 1 fully saturated rings. The summed E-state index contributed by atoms with van der Waals surface area (Å²) in [6.45, 7) is 2.19. The average molecular weight is 502 g/mol. The molecule has 0 bridgehead atoms. The molecule has 0 radical (unpaired) electrons. The molecule has 0 atom stereocenters. The van der Waals surface area contributed by atoms with Crippen LogP contribution in [-0.2, 0) is 17.8 Å². The van der Waals surface area contributed by atoms with Crippen molar-refractivity contribution in [3.8, 4) is 10.4 Å². The zero-order valence-electron chi connectivity index (χ0n) is 18.7. The first kappa shape index (κ1) is 24.4. The predicted octanol–water partition coefficient (Wildman–Crippen LogP) is 2.42. The molecule has 10 nitrogen and oxygen atoms in total. The molecule has 1 aliphatic heterocycles. The summed E-state index contributed by atoms with van der Waals surface area (Å²) in [4.78, 5) is 39.5. The maximum absolute atomic E-state index is 13.0. The number of carboxylic acid groups (broad SMARTS) is 1. The maximum Gasteiger partial charge on any atom is 0.404 e. The van der Waals surface area contributed by atoms with E-state index in [1.807, 2.05) is 36.4 Å². The van der Waals surface area contributed by atoms with E-state index in [0.717, 1.165) is 20.0 Å². The molecule has 12 heteroatoms. The lowest BCUT2D eigenvalue weighted by Gasteiger charge is -2.26. The van der Waals surface area contributed by atoms with Crippen molar-refractivity contribution in [2.45, 2.75) is 13.1 Å². The number of nitrogens with zero attached hydrogens (tertiary/aromatic N) is 4. The van der Waals surface area contributed by atoms with Crippen molar-refractivity contribution in [2.75, 3.05) is 32.8 Å². The van der Waals surface area contributed by atoms with Gasteiger partial charge >= 0.3 is 11.8 Å². The van der Waals surface area contributed by atoms with Crippen molar-refractivity contribution < 1.29 is 23.8 Å². The van der Waals surface area contributed by atoms with E-state index in [0.29, 0.717) is 38.4 Å². The molecule has 0 saturated carbocycles. The molecular formula is C23H24FN5O5S. The van der Waals surface area contributed by atoms with Gasteiger partial charge in [-0.3, -0.25) is 9.36 Å². The summed E-state index contributed by atoms with van der Waals surface area (Å²) >= 11 is 1.52. The molecule has 2 aromatic heterocycles. The van der Waals surface area contributed by atoms with Gasteiger partial charge in [-0.25, -0.2) is 18.7 Å². The summed E-state index contributed by atoms with van der Waals surface area (Å²) in [5.41, 5.74) is 1.24. The maximum atomic E-state index is 13.0. The van der Waals surface area contributed by atoms with Crippen LogP contribution in [0.2, 0.25) is 0 Å². The highest BCUT2D eigenvalue weighted by Gasteiger charge is 2.18. The quantitative estimate of drug-likeness (QED) is 0.489. The SMILES string of the molecule is O=C(O)NCC(=CF)Cn1ncn(Cc2ccc(-c3ccc(C(=O)N4CCOCC4)cc3)s2)c1=O. The van der Waals surface area contributed by atoms with E-state index in [4.69, 9.17) is 9.84 Å². The fourth-order valence-electron chi connectivity index (χ4n) is 3.61. The van der Waals surface area contributed by atoms with Gasteiger partial charge in [0.05, 0.1) is 32.6 Å². The first-order valence-electron chi connectivity index (χ1n) is 10.9. The minimum Gasteiger partial charge on any atom is -0.465 e. The third-order valence-corrected chi connectivity index (χ3v) is 6.59. The van der Waals surface area contributed by atoms with Gasteiger partial charge < -0.3 is 20.1 Å². The van der Waals surface area contributed by atoms with Gasteiger partial charge in [0.1, 0.15) is 6.33 Å². The van der Waals surface area contributed by atoms with E-state index in [-0.39, 0.29) is 30.9 Å². The van der Waals surface area contributed by atoms with Crippen molar-refractivity contribution in [3.05, 3.63) is 75.6 Å². The number of aromatic nitrogens is 3. The molecule has 2 N–H and O–H groups in total. The third kappa shape index (κ3) is 6.03. The molecule has 1 aromatic carbocycles. The number of rotatable bonds is 8. The zero-order chi connectivity index (χ0) is 24.8. The Morgan fingerprint density at radius 2 is 1.91 bits per heavy atom. The Morgan fingerprint density at radius 1 is 1.17 bits per heavy atom. The predicted molar refractivity (Wildman–Crippen MR) is 127 cm³/mol. The number of morpholine rings is 1. The minimum atomic E-state index is -1.28. The number of carbonyl (C=O) groups is 2. The fraction of sp³-hybridized carbons (Fsp3) is 0.304. The molecule has 0 unspecified atom stereocenters.